The second-order valence-corrected chi connectivity index (χ2v) is 27.1. The number of phosphoric acid groups is 1. The second-order valence-electron chi connectivity index (χ2n) is 25.7. The number of carbonyl (C=O) groups is 2. The predicted molar refractivity (Wildman–Crippen MR) is 367 cm³/mol. The molecule has 3 unspecified atom stereocenters. The van der Waals surface area contributed by atoms with Gasteiger partial charge in [-0.2, -0.15) is 0 Å². The van der Waals surface area contributed by atoms with E-state index in [2.05, 4.69) is 86.8 Å². The van der Waals surface area contributed by atoms with E-state index in [0.717, 1.165) is 77.0 Å². The molecule has 0 aromatic carbocycles. The van der Waals surface area contributed by atoms with Gasteiger partial charge in [0.05, 0.1) is 33.8 Å². The predicted octanol–water partition coefficient (Wildman–Crippen LogP) is 22.5. The Morgan fingerprint density at radius 2 is 0.718 bits per heavy atom. The number of ether oxygens (including phenoxy) is 1. The standard InChI is InChI=1S/C75H139N2O7P/c1-7-10-13-16-19-22-25-27-29-31-33-35-37-38-40-41-43-45-47-49-52-55-58-61-64-67-74(78)76-72(71-83-85(80,81)82-70-69-77(4,5)6)73(66-63-60-57-54-51-24-21-18-15-12-9-3)84-75(79)68-65-62-59-56-53-50-48-46-44-42-39-36-34-32-30-28-26-23-20-17-14-11-8-2/h19-20,22-23,27-30,33,35,63,66,72-73H,7-18,21,24-26,31-32,34,36-62,64-65,67-71H2,1-6H3,(H-,76,78,80,81)/b22-19-,23-20-,29-27-,30-28-,35-33-,66-63+. The summed E-state index contributed by atoms with van der Waals surface area (Å²) < 4.78 is 30.4. The summed E-state index contributed by atoms with van der Waals surface area (Å²) in [5, 5.41) is 3.04. The van der Waals surface area contributed by atoms with E-state index in [4.69, 9.17) is 13.8 Å². The Kier molecular flexibility index (Phi) is 62.5. The van der Waals surface area contributed by atoms with E-state index in [1.54, 1.807) is 0 Å². The molecule has 10 heteroatoms. The number of allylic oxidation sites excluding steroid dienone is 11. The van der Waals surface area contributed by atoms with Crippen molar-refractivity contribution < 1.29 is 37.3 Å². The first-order valence-electron chi connectivity index (χ1n) is 36.2. The Hall–Kier alpha value is -2.55. The highest BCUT2D eigenvalue weighted by Crippen LogP contribution is 2.38. The topological polar surface area (TPSA) is 114 Å². The Morgan fingerprint density at radius 1 is 0.412 bits per heavy atom. The van der Waals surface area contributed by atoms with E-state index in [-0.39, 0.29) is 31.5 Å². The van der Waals surface area contributed by atoms with E-state index >= 15 is 0 Å². The van der Waals surface area contributed by atoms with Gasteiger partial charge in [-0.1, -0.05) is 299 Å². The third kappa shape index (κ3) is 65.7. The van der Waals surface area contributed by atoms with Gasteiger partial charge < -0.3 is 28.5 Å². The first-order chi connectivity index (χ1) is 41.4. The number of unbranched alkanes of at least 4 members (excludes halogenated alkanes) is 40. The van der Waals surface area contributed by atoms with E-state index in [9.17, 15) is 19.0 Å². The number of quaternary nitrogens is 1. The van der Waals surface area contributed by atoms with Crippen molar-refractivity contribution in [1.29, 1.82) is 0 Å². The minimum Gasteiger partial charge on any atom is -0.756 e. The smallest absolute Gasteiger partial charge is 0.306 e. The minimum atomic E-state index is -4.71. The van der Waals surface area contributed by atoms with Crippen LogP contribution in [0, 0.1) is 0 Å². The van der Waals surface area contributed by atoms with Crippen molar-refractivity contribution in [3.05, 3.63) is 72.9 Å². The molecule has 0 heterocycles. The summed E-state index contributed by atoms with van der Waals surface area (Å²) >= 11 is 0. The Labute approximate surface area is 527 Å². The molecule has 0 radical (unpaired) electrons. The lowest BCUT2D eigenvalue weighted by Crippen LogP contribution is -2.47. The normalized spacial score (nSPS) is 13.9. The van der Waals surface area contributed by atoms with Gasteiger partial charge in [0.25, 0.3) is 7.82 Å². The van der Waals surface area contributed by atoms with E-state index < -0.39 is 20.0 Å². The van der Waals surface area contributed by atoms with Crippen LogP contribution in [-0.2, 0) is 27.9 Å². The Balaban J connectivity index is 4.99. The fourth-order valence-electron chi connectivity index (χ4n) is 10.5. The van der Waals surface area contributed by atoms with Crippen molar-refractivity contribution in [3.8, 4) is 0 Å². The summed E-state index contributed by atoms with van der Waals surface area (Å²) in [6, 6.07) is -0.892. The number of phosphoric ester groups is 1. The molecule has 85 heavy (non-hydrogen) atoms. The van der Waals surface area contributed by atoms with Crippen LogP contribution in [0.5, 0.6) is 0 Å². The molecule has 0 saturated heterocycles. The SMILES string of the molecule is CCCCC/C=C\C/C=C\C/C=C\CCCCCCCCCCCCCCC(=O)NC(COP(=O)([O-])OCC[N+](C)(C)C)C(/C=C/CCCCCCCCCCC)OC(=O)CCCCCCCCCCCCCCC/C=C\C/C=C\CCCCC. The number of carbonyl (C=O) groups excluding carboxylic acids is 2. The number of hydrogen-bond donors (Lipinski definition) is 1. The maximum Gasteiger partial charge on any atom is 0.306 e. The number of nitrogens with zero attached hydrogens (tertiary/aromatic N) is 1. The fourth-order valence-corrected chi connectivity index (χ4v) is 11.2. The van der Waals surface area contributed by atoms with Crippen molar-refractivity contribution >= 4 is 19.7 Å². The summed E-state index contributed by atoms with van der Waals surface area (Å²) in [6.07, 6.45) is 84.5. The van der Waals surface area contributed by atoms with E-state index in [0.29, 0.717) is 17.4 Å². The zero-order valence-electron chi connectivity index (χ0n) is 56.8. The average molecular weight is 1210 g/mol. The van der Waals surface area contributed by atoms with Crippen molar-refractivity contribution in [3.63, 3.8) is 0 Å². The average Bonchev–Trinajstić information content (AvgIpc) is 3.64. The number of nitrogens with one attached hydrogen (secondary N) is 1. The summed E-state index contributed by atoms with van der Waals surface area (Å²) in [7, 11) is 1.19. The number of hydrogen-bond acceptors (Lipinski definition) is 7. The maximum atomic E-state index is 13.6. The van der Waals surface area contributed by atoms with Crippen LogP contribution in [0.2, 0.25) is 0 Å². The lowest BCUT2D eigenvalue weighted by atomic mass is 10.0. The van der Waals surface area contributed by atoms with Crippen molar-refractivity contribution in [2.75, 3.05) is 40.9 Å². The third-order valence-electron chi connectivity index (χ3n) is 16.1. The summed E-state index contributed by atoms with van der Waals surface area (Å²) in [4.78, 5) is 40.2. The van der Waals surface area contributed by atoms with Crippen LogP contribution in [0.25, 0.3) is 0 Å². The van der Waals surface area contributed by atoms with Gasteiger partial charge >= 0.3 is 5.97 Å². The molecule has 1 amide bonds. The Bertz CT molecular complexity index is 1680. The van der Waals surface area contributed by atoms with Gasteiger partial charge in [0.1, 0.15) is 19.3 Å². The van der Waals surface area contributed by atoms with Gasteiger partial charge in [-0.05, 0) is 102 Å². The summed E-state index contributed by atoms with van der Waals surface area (Å²) in [5.41, 5.74) is 0. The minimum absolute atomic E-state index is 0.0235. The van der Waals surface area contributed by atoms with Crippen molar-refractivity contribution in [2.24, 2.45) is 0 Å². The molecule has 0 aliphatic heterocycles. The molecule has 0 aromatic heterocycles. The van der Waals surface area contributed by atoms with Gasteiger partial charge in [-0.15, -0.1) is 0 Å². The van der Waals surface area contributed by atoms with Crippen LogP contribution in [0.1, 0.15) is 342 Å². The van der Waals surface area contributed by atoms with Crippen molar-refractivity contribution in [1.82, 2.24) is 5.32 Å². The molecule has 9 nitrogen and oxygen atoms in total. The largest absolute Gasteiger partial charge is 0.756 e. The zero-order chi connectivity index (χ0) is 62.1. The van der Waals surface area contributed by atoms with Crippen LogP contribution < -0.4 is 10.2 Å². The molecule has 1 N–H and O–H groups in total. The molecular formula is C75H139N2O7P. The molecule has 0 rings (SSSR count). The number of esters is 1. The monoisotopic (exact) mass is 1210 g/mol. The quantitative estimate of drug-likeness (QED) is 0.0212. The lowest BCUT2D eigenvalue weighted by molar-refractivity contribution is -0.870. The second kappa shape index (κ2) is 64.4. The molecule has 0 aliphatic carbocycles. The van der Waals surface area contributed by atoms with Gasteiger partial charge in [0.15, 0.2) is 0 Å². The fraction of sp³-hybridized carbons (Fsp3) is 0.813. The third-order valence-corrected chi connectivity index (χ3v) is 17.1. The molecule has 0 spiro atoms. The highest BCUT2D eigenvalue weighted by Gasteiger charge is 2.27. The maximum absolute atomic E-state index is 13.6. The van der Waals surface area contributed by atoms with Crippen molar-refractivity contribution in [2.45, 2.75) is 354 Å². The molecule has 0 aliphatic rings. The van der Waals surface area contributed by atoms with Gasteiger partial charge in [-0.3, -0.25) is 14.2 Å². The number of amides is 1. The first-order valence-corrected chi connectivity index (χ1v) is 37.7. The van der Waals surface area contributed by atoms with E-state index in [1.165, 1.54) is 231 Å². The highest BCUT2D eigenvalue weighted by atomic mass is 31.2. The van der Waals surface area contributed by atoms with E-state index in [1.807, 2.05) is 33.3 Å². The highest BCUT2D eigenvalue weighted by molar-refractivity contribution is 7.45. The van der Waals surface area contributed by atoms with Gasteiger partial charge in [0, 0.05) is 12.8 Å². The van der Waals surface area contributed by atoms with Gasteiger partial charge in [0.2, 0.25) is 5.91 Å². The molecule has 0 bridgehead atoms. The van der Waals surface area contributed by atoms with Crippen LogP contribution in [0.3, 0.4) is 0 Å². The molecule has 0 fully saturated rings. The number of likely N-dealkylation sites (N-methyl/N-ethyl adjacent to an activating group) is 1. The van der Waals surface area contributed by atoms with Gasteiger partial charge in [-0.25, -0.2) is 0 Å². The van der Waals surface area contributed by atoms with Crippen LogP contribution in [0.15, 0.2) is 72.9 Å². The summed E-state index contributed by atoms with van der Waals surface area (Å²) in [5.74, 6) is -0.534. The molecule has 496 valence electrons. The Morgan fingerprint density at radius 3 is 1.09 bits per heavy atom. The van der Waals surface area contributed by atoms with Crippen LogP contribution in [0.4, 0.5) is 0 Å². The lowest BCUT2D eigenvalue weighted by Gasteiger charge is -2.30. The van der Waals surface area contributed by atoms with Crippen LogP contribution >= 0.6 is 7.82 Å². The molecule has 0 aromatic rings. The molecule has 0 saturated carbocycles. The summed E-state index contributed by atoms with van der Waals surface area (Å²) in [6.45, 7) is 6.82. The zero-order valence-corrected chi connectivity index (χ0v) is 57.7. The van der Waals surface area contributed by atoms with Crippen LogP contribution in [-0.4, -0.2) is 69.4 Å². The first kappa shape index (κ1) is 82.5. The molecular weight excluding hydrogens is 1070 g/mol. The molecule has 3 atom stereocenters. The number of rotatable bonds is 66.